The van der Waals surface area contributed by atoms with Crippen LogP contribution in [0.3, 0.4) is 0 Å². The van der Waals surface area contributed by atoms with Gasteiger partial charge in [-0.15, -0.1) is 12.4 Å². The summed E-state index contributed by atoms with van der Waals surface area (Å²) in [6.07, 6.45) is 2.72. The Morgan fingerprint density at radius 2 is 1.91 bits per heavy atom. The SMILES string of the molecule is CCCNCCNC(=O)c1cnn(-c2ccccc2)c1C.Cl. The smallest absolute Gasteiger partial charge is 0.254 e. The van der Waals surface area contributed by atoms with Crippen LogP contribution in [-0.4, -0.2) is 35.3 Å². The average Bonchev–Trinajstić information content (AvgIpc) is 2.89. The Balaban J connectivity index is 0.00000242. The first-order chi connectivity index (χ1) is 10.2. The Kier molecular flexibility index (Phi) is 7.63. The second kappa shape index (κ2) is 9.23. The number of para-hydroxylation sites is 1. The second-order valence-corrected chi connectivity index (χ2v) is 4.90. The monoisotopic (exact) mass is 322 g/mol. The first kappa shape index (κ1) is 18.2. The fourth-order valence-electron chi connectivity index (χ4n) is 2.12. The van der Waals surface area contributed by atoms with Gasteiger partial charge in [-0.05, 0) is 32.0 Å². The van der Waals surface area contributed by atoms with Crippen molar-refractivity contribution >= 4 is 18.3 Å². The molecule has 1 amide bonds. The molecule has 0 unspecified atom stereocenters. The molecular formula is C16H23ClN4O. The molecule has 1 aromatic carbocycles. The number of amides is 1. The highest BCUT2D eigenvalue weighted by Crippen LogP contribution is 2.13. The summed E-state index contributed by atoms with van der Waals surface area (Å²) in [4.78, 5) is 12.2. The predicted molar refractivity (Wildman–Crippen MR) is 91.0 cm³/mol. The number of hydrogen-bond donors (Lipinski definition) is 2. The van der Waals surface area contributed by atoms with Crippen LogP contribution in [0.2, 0.25) is 0 Å². The molecule has 0 saturated heterocycles. The lowest BCUT2D eigenvalue weighted by atomic mass is 10.2. The quantitative estimate of drug-likeness (QED) is 0.769. The Bertz CT molecular complexity index is 583. The van der Waals surface area contributed by atoms with E-state index in [1.165, 1.54) is 0 Å². The maximum Gasteiger partial charge on any atom is 0.254 e. The number of aromatic nitrogens is 2. The van der Waals surface area contributed by atoms with Crippen LogP contribution in [0.5, 0.6) is 0 Å². The molecule has 2 rings (SSSR count). The molecule has 0 aliphatic carbocycles. The van der Waals surface area contributed by atoms with Gasteiger partial charge in [-0.25, -0.2) is 4.68 Å². The van der Waals surface area contributed by atoms with Crippen LogP contribution in [0, 0.1) is 6.92 Å². The van der Waals surface area contributed by atoms with Crippen LogP contribution in [0.1, 0.15) is 29.4 Å². The Labute approximate surface area is 137 Å². The zero-order valence-electron chi connectivity index (χ0n) is 13.0. The zero-order valence-corrected chi connectivity index (χ0v) is 13.8. The van der Waals surface area contributed by atoms with Gasteiger partial charge in [0.05, 0.1) is 23.1 Å². The normalized spacial score (nSPS) is 10.1. The van der Waals surface area contributed by atoms with Crippen LogP contribution in [0.25, 0.3) is 5.69 Å². The van der Waals surface area contributed by atoms with Crippen molar-refractivity contribution in [3.05, 3.63) is 47.8 Å². The van der Waals surface area contributed by atoms with Crippen LogP contribution in [0.4, 0.5) is 0 Å². The topological polar surface area (TPSA) is 58.9 Å². The molecule has 120 valence electrons. The second-order valence-electron chi connectivity index (χ2n) is 4.90. The summed E-state index contributed by atoms with van der Waals surface area (Å²) < 4.78 is 1.78. The van der Waals surface area contributed by atoms with Crippen molar-refractivity contribution in [1.29, 1.82) is 0 Å². The molecule has 0 aliphatic rings. The molecule has 0 spiro atoms. The minimum Gasteiger partial charge on any atom is -0.351 e. The summed E-state index contributed by atoms with van der Waals surface area (Å²) in [5, 5.41) is 10.5. The molecule has 0 radical (unpaired) electrons. The summed E-state index contributed by atoms with van der Waals surface area (Å²) in [5.41, 5.74) is 2.42. The summed E-state index contributed by atoms with van der Waals surface area (Å²) >= 11 is 0. The van der Waals surface area contributed by atoms with Crippen molar-refractivity contribution in [2.45, 2.75) is 20.3 Å². The molecule has 2 aromatic rings. The first-order valence-corrected chi connectivity index (χ1v) is 7.33. The molecule has 0 atom stereocenters. The van der Waals surface area contributed by atoms with Crippen molar-refractivity contribution in [2.75, 3.05) is 19.6 Å². The van der Waals surface area contributed by atoms with E-state index in [0.29, 0.717) is 12.1 Å². The number of benzene rings is 1. The van der Waals surface area contributed by atoms with Gasteiger partial charge in [-0.1, -0.05) is 25.1 Å². The molecule has 0 fully saturated rings. The van der Waals surface area contributed by atoms with Gasteiger partial charge >= 0.3 is 0 Å². The van der Waals surface area contributed by atoms with Crippen molar-refractivity contribution < 1.29 is 4.79 Å². The van der Waals surface area contributed by atoms with E-state index in [1.54, 1.807) is 10.9 Å². The molecule has 0 aliphatic heterocycles. The molecular weight excluding hydrogens is 300 g/mol. The number of halogens is 1. The average molecular weight is 323 g/mol. The summed E-state index contributed by atoms with van der Waals surface area (Å²) in [6.45, 7) is 6.40. The van der Waals surface area contributed by atoms with E-state index < -0.39 is 0 Å². The minimum atomic E-state index is -0.0759. The zero-order chi connectivity index (χ0) is 15.1. The van der Waals surface area contributed by atoms with E-state index in [9.17, 15) is 4.79 Å². The van der Waals surface area contributed by atoms with E-state index in [0.717, 1.165) is 30.9 Å². The summed E-state index contributed by atoms with van der Waals surface area (Å²) in [6, 6.07) is 9.80. The molecule has 2 N–H and O–H groups in total. The molecule has 6 heteroatoms. The van der Waals surface area contributed by atoms with Crippen molar-refractivity contribution in [3.8, 4) is 5.69 Å². The fourth-order valence-corrected chi connectivity index (χ4v) is 2.12. The van der Waals surface area contributed by atoms with E-state index in [2.05, 4.69) is 22.7 Å². The third-order valence-electron chi connectivity index (χ3n) is 3.27. The number of carbonyl (C=O) groups excluding carboxylic acids is 1. The van der Waals surface area contributed by atoms with E-state index in [-0.39, 0.29) is 18.3 Å². The maximum absolute atomic E-state index is 12.2. The van der Waals surface area contributed by atoms with Gasteiger partial charge in [-0.2, -0.15) is 5.10 Å². The lowest BCUT2D eigenvalue weighted by Gasteiger charge is -2.07. The number of nitrogens with one attached hydrogen (secondary N) is 2. The molecule has 1 heterocycles. The van der Waals surface area contributed by atoms with Gasteiger partial charge < -0.3 is 10.6 Å². The number of nitrogens with zero attached hydrogens (tertiary/aromatic N) is 2. The Morgan fingerprint density at radius 3 is 2.59 bits per heavy atom. The lowest BCUT2D eigenvalue weighted by molar-refractivity contribution is 0.0953. The highest BCUT2D eigenvalue weighted by atomic mass is 35.5. The highest BCUT2D eigenvalue weighted by molar-refractivity contribution is 5.95. The van der Waals surface area contributed by atoms with Crippen molar-refractivity contribution in [1.82, 2.24) is 20.4 Å². The number of rotatable bonds is 7. The van der Waals surface area contributed by atoms with Gasteiger partial charge in [0.1, 0.15) is 0 Å². The summed E-state index contributed by atoms with van der Waals surface area (Å²) in [5.74, 6) is -0.0759. The third-order valence-corrected chi connectivity index (χ3v) is 3.27. The molecule has 22 heavy (non-hydrogen) atoms. The van der Waals surface area contributed by atoms with Crippen molar-refractivity contribution in [3.63, 3.8) is 0 Å². The van der Waals surface area contributed by atoms with Gasteiger partial charge in [0.25, 0.3) is 5.91 Å². The van der Waals surface area contributed by atoms with Gasteiger partial charge in [0.15, 0.2) is 0 Å². The molecule has 0 saturated carbocycles. The minimum absolute atomic E-state index is 0. The highest BCUT2D eigenvalue weighted by Gasteiger charge is 2.14. The maximum atomic E-state index is 12.2. The molecule has 5 nitrogen and oxygen atoms in total. The predicted octanol–water partition coefficient (Wildman–Crippen LogP) is 2.33. The van der Waals surface area contributed by atoms with Crippen LogP contribution >= 0.6 is 12.4 Å². The molecule has 1 aromatic heterocycles. The summed E-state index contributed by atoms with van der Waals surface area (Å²) in [7, 11) is 0. The largest absolute Gasteiger partial charge is 0.351 e. The Morgan fingerprint density at radius 1 is 1.18 bits per heavy atom. The van der Waals surface area contributed by atoms with E-state index >= 15 is 0 Å². The van der Waals surface area contributed by atoms with E-state index in [1.807, 2.05) is 37.3 Å². The van der Waals surface area contributed by atoms with Crippen LogP contribution in [0.15, 0.2) is 36.5 Å². The van der Waals surface area contributed by atoms with Crippen LogP contribution < -0.4 is 10.6 Å². The standard InChI is InChI=1S/C16H22N4O.ClH/c1-3-9-17-10-11-18-16(21)15-12-19-20(13(15)2)14-7-5-4-6-8-14;/h4-8,12,17H,3,9-11H2,1-2H3,(H,18,21);1H. The number of carbonyl (C=O) groups is 1. The lowest BCUT2D eigenvalue weighted by Crippen LogP contribution is -2.32. The number of hydrogen-bond acceptors (Lipinski definition) is 3. The first-order valence-electron chi connectivity index (χ1n) is 7.33. The van der Waals surface area contributed by atoms with Crippen molar-refractivity contribution in [2.24, 2.45) is 0 Å². The Hall–Kier alpha value is -1.85. The molecule has 0 bridgehead atoms. The van der Waals surface area contributed by atoms with Gasteiger partial charge in [-0.3, -0.25) is 4.79 Å². The van der Waals surface area contributed by atoms with Gasteiger partial charge in [0, 0.05) is 13.1 Å². The van der Waals surface area contributed by atoms with Crippen LogP contribution in [-0.2, 0) is 0 Å². The third kappa shape index (κ3) is 4.58. The fraction of sp³-hybridized carbons (Fsp3) is 0.375. The van der Waals surface area contributed by atoms with E-state index in [4.69, 9.17) is 0 Å². The van der Waals surface area contributed by atoms with Gasteiger partial charge in [0.2, 0.25) is 0 Å².